The molecule has 1 saturated heterocycles. The molecule has 21 heavy (non-hydrogen) atoms. The summed E-state index contributed by atoms with van der Waals surface area (Å²) < 4.78 is 2.09. The monoisotopic (exact) mass is 327 g/mol. The predicted octanol–water partition coefficient (Wildman–Crippen LogP) is 3.57. The number of halogens is 2. The van der Waals surface area contributed by atoms with Gasteiger partial charge in [0, 0.05) is 24.7 Å². The maximum absolute atomic E-state index is 6.08. The number of aromatic nitrogens is 4. The van der Waals surface area contributed by atoms with E-state index < -0.39 is 0 Å². The third kappa shape index (κ3) is 2.87. The van der Waals surface area contributed by atoms with Crippen LogP contribution in [-0.2, 0) is 0 Å². The highest BCUT2D eigenvalue weighted by Gasteiger charge is 2.28. The Morgan fingerprint density at radius 1 is 1.14 bits per heavy atom. The number of rotatable bonds is 1. The minimum Gasteiger partial charge on any atom is -0.312 e. The van der Waals surface area contributed by atoms with Gasteiger partial charge in [-0.05, 0) is 45.2 Å². The maximum atomic E-state index is 6.08. The summed E-state index contributed by atoms with van der Waals surface area (Å²) in [5, 5.41) is 0.484. The first-order valence-corrected chi connectivity index (χ1v) is 7.92. The van der Waals surface area contributed by atoms with Crippen LogP contribution in [0.25, 0.3) is 11.2 Å². The second-order valence-corrected chi connectivity index (χ2v) is 7.19. The van der Waals surface area contributed by atoms with Crippen molar-refractivity contribution in [2.45, 2.75) is 45.2 Å². The van der Waals surface area contributed by atoms with Crippen molar-refractivity contribution in [1.82, 2.24) is 24.4 Å². The van der Waals surface area contributed by atoms with Crippen molar-refractivity contribution in [3.8, 4) is 0 Å². The molecular formula is C14H19Cl2N5. The van der Waals surface area contributed by atoms with E-state index in [-0.39, 0.29) is 10.8 Å². The van der Waals surface area contributed by atoms with Crippen LogP contribution in [-0.4, -0.2) is 43.0 Å². The fourth-order valence-corrected chi connectivity index (χ4v) is 3.36. The number of nitrogens with zero attached hydrogens (tertiary/aromatic N) is 5. The van der Waals surface area contributed by atoms with E-state index in [0.717, 1.165) is 31.6 Å². The number of piperidine rings is 1. The molecule has 0 aromatic carbocycles. The van der Waals surface area contributed by atoms with Crippen LogP contribution in [0.1, 0.15) is 39.7 Å². The maximum Gasteiger partial charge on any atom is 0.225 e. The molecular weight excluding hydrogens is 309 g/mol. The van der Waals surface area contributed by atoms with Crippen molar-refractivity contribution >= 4 is 34.4 Å². The Hall–Kier alpha value is -0.910. The molecule has 1 aliphatic heterocycles. The average Bonchev–Trinajstić information content (AvgIpc) is 2.82. The van der Waals surface area contributed by atoms with Crippen molar-refractivity contribution in [1.29, 1.82) is 0 Å². The highest BCUT2D eigenvalue weighted by molar-refractivity contribution is 6.35. The zero-order chi connectivity index (χ0) is 15.2. The Balaban J connectivity index is 1.86. The SMILES string of the molecule is CC(C)(C)N1CCC(n2cnc3c(Cl)nc(Cl)nc32)CC1. The second kappa shape index (κ2) is 5.38. The Labute approximate surface area is 134 Å². The molecule has 0 atom stereocenters. The van der Waals surface area contributed by atoms with Gasteiger partial charge in [-0.2, -0.15) is 4.98 Å². The minimum atomic E-state index is 0.168. The second-order valence-electron chi connectivity index (χ2n) is 6.50. The lowest BCUT2D eigenvalue weighted by atomic mass is 9.98. The summed E-state index contributed by atoms with van der Waals surface area (Å²) in [5.74, 6) is 0. The van der Waals surface area contributed by atoms with E-state index in [9.17, 15) is 0 Å². The lowest BCUT2D eigenvalue weighted by Gasteiger charge is -2.41. The van der Waals surface area contributed by atoms with Gasteiger partial charge in [0.25, 0.3) is 0 Å². The van der Waals surface area contributed by atoms with Crippen LogP contribution in [0.2, 0.25) is 10.4 Å². The summed E-state index contributed by atoms with van der Waals surface area (Å²) in [4.78, 5) is 15.1. The van der Waals surface area contributed by atoms with Gasteiger partial charge in [0.2, 0.25) is 5.28 Å². The molecule has 0 amide bonds. The van der Waals surface area contributed by atoms with E-state index in [1.807, 2.05) is 0 Å². The molecule has 3 heterocycles. The topological polar surface area (TPSA) is 46.8 Å². The van der Waals surface area contributed by atoms with E-state index in [1.54, 1.807) is 6.33 Å². The standard InChI is InChI=1S/C14H19Cl2N5/c1-14(2,3)20-6-4-9(5-7-20)21-8-17-10-11(15)18-13(16)19-12(10)21/h8-9H,4-7H2,1-3H3. The molecule has 1 fully saturated rings. The quantitative estimate of drug-likeness (QED) is 0.593. The van der Waals surface area contributed by atoms with Gasteiger partial charge in [-0.3, -0.25) is 4.90 Å². The zero-order valence-corrected chi connectivity index (χ0v) is 14.0. The largest absolute Gasteiger partial charge is 0.312 e. The Kier molecular flexibility index (Phi) is 3.84. The van der Waals surface area contributed by atoms with Crippen LogP contribution in [0.5, 0.6) is 0 Å². The number of hydrogen-bond donors (Lipinski definition) is 0. The normalized spacial score (nSPS) is 18.5. The molecule has 0 unspecified atom stereocenters. The summed E-state index contributed by atoms with van der Waals surface area (Å²) >= 11 is 12.0. The molecule has 2 aromatic heterocycles. The molecule has 0 spiro atoms. The van der Waals surface area contributed by atoms with Gasteiger partial charge in [-0.1, -0.05) is 11.6 Å². The smallest absolute Gasteiger partial charge is 0.225 e. The van der Waals surface area contributed by atoms with E-state index in [1.165, 1.54) is 0 Å². The van der Waals surface area contributed by atoms with E-state index in [2.05, 4.69) is 45.2 Å². The van der Waals surface area contributed by atoms with E-state index in [0.29, 0.717) is 16.7 Å². The van der Waals surface area contributed by atoms with E-state index >= 15 is 0 Å². The van der Waals surface area contributed by atoms with Crippen molar-refractivity contribution in [3.63, 3.8) is 0 Å². The van der Waals surface area contributed by atoms with Crippen LogP contribution in [0, 0.1) is 0 Å². The fourth-order valence-electron chi connectivity index (χ4n) is 2.94. The molecule has 0 saturated carbocycles. The van der Waals surface area contributed by atoms with Crippen molar-refractivity contribution < 1.29 is 0 Å². The zero-order valence-electron chi connectivity index (χ0n) is 12.5. The molecule has 0 N–H and O–H groups in total. The Bertz CT molecular complexity index is 653. The molecule has 0 aliphatic carbocycles. The van der Waals surface area contributed by atoms with E-state index in [4.69, 9.17) is 23.2 Å². The lowest BCUT2D eigenvalue weighted by molar-refractivity contribution is 0.0905. The Morgan fingerprint density at radius 3 is 2.43 bits per heavy atom. The summed E-state index contributed by atoms with van der Waals surface area (Å²) in [6.07, 6.45) is 3.95. The van der Waals surface area contributed by atoms with Gasteiger partial charge in [0.15, 0.2) is 10.8 Å². The predicted molar refractivity (Wildman–Crippen MR) is 84.9 cm³/mol. The van der Waals surface area contributed by atoms with Gasteiger partial charge in [-0.25, -0.2) is 9.97 Å². The first-order chi connectivity index (χ1) is 9.86. The van der Waals surface area contributed by atoms with Crippen LogP contribution < -0.4 is 0 Å². The Morgan fingerprint density at radius 2 is 1.81 bits per heavy atom. The van der Waals surface area contributed by atoms with Gasteiger partial charge < -0.3 is 4.57 Å². The third-order valence-electron chi connectivity index (χ3n) is 4.16. The van der Waals surface area contributed by atoms with Crippen molar-refractivity contribution in [2.24, 2.45) is 0 Å². The molecule has 1 aliphatic rings. The van der Waals surface area contributed by atoms with Gasteiger partial charge in [-0.15, -0.1) is 0 Å². The van der Waals surface area contributed by atoms with Gasteiger partial charge >= 0.3 is 0 Å². The molecule has 3 rings (SSSR count). The minimum absolute atomic E-state index is 0.168. The summed E-state index contributed by atoms with van der Waals surface area (Å²) in [7, 11) is 0. The van der Waals surface area contributed by atoms with Crippen LogP contribution in [0.4, 0.5) is 0 Å². The molecule has 2 aromatic rings. The van der Waals surface area contributed by atoms with Gasteiger partial charge in [0.1, 0.15) is 5.52 Å². The highest BCUT2D eigenvalue weighted by atomic mass is 35.5. The number of fused-ring (bicyclic) bond motifs is 1. The summed E-state index contributed by atoms with van der Waals surface area (Å²) in [6.45, 7) is 8.91. The highest BCUT2D eigenvalue weighted by Crippen LogP contribution is 2.30. The third-order valence-corrected chi connectivity index (χ3v) is 4.59. The van der Waals surface area contributed by atoms with Crippen molar-refractivity contribution in [3.05, 3.63) is 16.8 Å². The summed E-state index contributed by atoms with van der Waals surface area (Å²) in [6, 6.07) is 0.385. The van der Waals surface area contributed by atoms with Crippen LogP contribution >= 0.6 is 23.2 Å². The molecule has 7 heteroatoms. The number of imidazole rings is 1. The first kappa shape index (κ1) is 15.0. The summed E-state index contributed by atoms with van der Waals surface area (Å²) in [5.41, 5.74) is 1.57. The first-order valence-electron chi connectivity index (χ1n) is 7.17. The molecule has 114 valence electrons. The number of likely N-dealkylation sites (tertiary alicyclic amines) is 1. The average molecular weight is 328 g/mol. The fraction of sp³-hybridized carbons (Fsp3) is 0.643. The van der Waals surface area contributed by atoms with Crippen LogP contribution in [0.15, 0.2) is 6.33 Å². The van der Waals surface area contributed by atoms with Gasteiger partial charge in [0.05, 0.1) is 6.33 Å². The molecule has 0 radical (unpaired) electrons. The molecule has 0 bridgehead atoms. The van der Waals surface area contributed by atoms with Crippen molar-refractivity contribution in [2.75, 3.05) is 13.1 Å². The molecule has 5 nitrogen and oxygen atoms in total. The number of hydrogen-bond acceptors (Lipinski definition) is 4. The van der Waals surface area contributed by atoms with Crippen LogP contribution in [0.3, 0.4) is 0 Å². The lowest BCUT2D eigenvalue weighted by Crippen LogP contribution is -2.46.